The molecule has 0 spiro atoms. The zero-order valence-corrected chi connectivity index (χ0v) is 17.4. The highest BCUT2D eigenvalue weighted by Gasteiger charge is 2.13. The molecule has 1 unspecified atom stereocenters. The number of carbonyl (C=O) groups is 1. The van der Waals surface area contributed by atoms with Gasteiger partial charge in [0.25, 0.3) is 0 Å². The van der Waals surface area contributed by atoms with Crippen LogP contribution in [0.2, 0.25) is 0 Å². The van der Waals surface area contributed by atoms with Crippen molar-refractivity contribution in [1.29, 1.82) is 0 Å². The summed E-state index contributed by atoms with van der Waals surface area (Å²) in [6, 6.07) is 0. The van der Waals surface area contributed by atoms with Gasteiger partial charge in [0.1, 0.15) is 6.10 Å². The van der Waals surface area contributed by atoms with E-state index in [-0.39, 0.29) is 12.1 Å². The van der Waals surface area contributed by atoms with Crippen LogP contribution in [-0.4, -0.2) is 50.8 Å². The molecular weight excluding hydrogens is 314 g/mol. The Morgan fingerprint density at radius 3 is 1.76 bits per heavy atom. The van der Waals surface area contributed by atoms with E-state index in [0.717, 1.165) is 13.0 Å². The first-order chi connectivity index (χ1) is 12.1. The van der Waals surface area contributed by atoms with Gasteiger partial charge < -0.3 is 14.4 Å². The van der Waals surface area contributed by atoms with Crippen LogP contribution in [0.5, 0.6) is 0 Å². The summed E-state index contributed by atoms with van der Waals surface area (Å²) in [5.41, 5.74) is 0. The fraction of sp³-hybridized carbons (Fsp3) is 0.952. The van der Waals surface area contributed by atoms with Crippen LogP contribution in [0.4, 0.5) is 0 Å². The van der Waals surface area contributed by atoms with Crippen molar-refractivity contribution in [3.8, 4) is 0 Å². The highest BCUT2D eigenvalue weighted by molar-refractivity contribution is 5.66. The summed E-state index contributed by atoms with van der Waals surface area (Å²) in [7, 11) is 3.95. The van der Waals surface area contributed by atoms with Crippen LogP contribution in [-0.2, 0) is 14.3 Å². The van der Waals surface area contributed by atoms with Crippen LogP contribution in [0.25, 0.3) is 0 Å². The maximum atomic E-state index is 11.1. The third kappa shape index (κ3) is 19.6. The molecule has 0 aliphatic heterocycles. The molecule has 0 bridgehead atoms. The first-order valence-electron chi connectivity index (χ1n) is 10.5. The van der Waals surface area contributed by atoms with Gasteiger partial charge in [-0.25, -0.2) is 0 Å². The Morgan fingerprint density at radius 1 is 0.840 bits per heavy atom. The molecule has 150 valence electrons. The molecule has 4 nitrogen and oxygen atoms in total. The SMILES string of the molecule is CCCCCCCCCCCCCCOCC(CN(C)C)OC(C)=O. The Balaban J connectivity index is 3.35. The number of likely N-dealkylation sites (N-methyl/N-ethyl adjacent to an activating group) is 1. The summed E-state index contributed by atoms with van der Waals surface area (Å²) in [5, 5.41) is 0. The molecule has 0 aliphatic carbocycles. The Kier molecular flexibility index (Phi) is 17.7. The van der Waals surface area contributed by atoms with E-state index < -0.39 is 0 Å². The second kappa shape index (κ2) is 18.2. The van der Waals surface area contributed by atoms with Crippen molar-refractivity contribution in [3.05, 3.63) is 0 Å². The van der Waals surface area contributed by atoms with Crippen molar-refractivity contribution in [2.24, 2.45) is 0 Å². The van der Waals surface area contributed by atoms with E-state index in [9.17, 15) is 4.79 Å². The molecule has 4 heteroatoms. The monoisotopic (exact) mass is 357 g/mol. The first kappa shape index (κ1) is 24.4. The molecule has 0 aromatic rings. The first-order valence-corrected chi connectivity index (χ1v) is 10.5. The van der Waals surface area contributed by atoms with Gasteiger partial charge in [0.15, 0.2) is 0 Å². The summed E-state index contributed by atoms with van der Waals surface area (Å²) < 4.78 is 11.0. The highest BCUT2D eigenvalue weighted by atomic mass is 16.6. The van der Waals surface area contributed by atoms with Crippen LogP contribution >= 0.6 is 0 Å². The van der Waals surface area contributed by atoms with Gasteiger partial charge in [-0.1, -0.05) is 77.6 Å². The Labute approximate surface area is 156 Å². The van der Waals surface area contributed by atoms with Crippen LogP contribution < -0.4 is 0 Å². The van der Waals surface area contributed by atoms with Crippen molar-refractivity contribution < 1.29 is 14.3 Å². The summed E-state index contributed by atoms with van der Waals surface area (Å²) in [5.74, 6) is -0.235. The molecule has 0 fully saturated rings. The molecule has 0 saturated heterocycles. The van der Waals surface area contributed by atoms with E-state index in [1.54, 1.807) is 0 Å². The molecule has 0 N–H and O–H groups in total. The number of carbonyl (C=O) groups excluding carboxylic acids is 1. The minimum Gasteiger partial charge on any atom is -0.459 e. The van der Waals surface area contributed by atoms with Gasteiger partial charge in [-0.2, -0.15) is 0 Å². The molecule has 0 aromatic heterocycles. The molecule has 0 rings (SSSR count). The average molecular weight is 358 g/mol. The molecule has 1 atom stereocenters. The van der Waals surface area contributed by atoms with Crippen LogP contribution in [0, 0.1) is 0 Å². The van der Waals surface area contributed by atoms with E-state index >= 15 is 0 Å². The lowest BCUT2D eigenvalue weighted by molar-refractivity contribution is -0.150. The molecule has 25 heavy (non-hydrogen) atoms. The highest BCUT2D eigenvalue weighted by Crippen LogP contribution is 2.12. The normalized spacial score (nSPS) is 12.5. The summed E-state index contributed by atoms with van der Waals surface area (Å²) in [6.07, 6.45) is 16.0. The van der Waals surface area contributed by atoms with Crippen LogP contribution in [0.15, 0.2) is 0 Å². The zero-order valence-electron chi connectivity index (χ0n) is 17.4. The second-order valence-corrected chi connectivity index (χ2v) is 7.46. The molecule has 0 amide bonds. The molecule has 0 aliphatic rings. The van der Waals surface area contributed by atoms with Gasteiger partial charge >= 0.3 is 5.97 Å². The standard InChI is InChI=1S/C21H43NO3/c1-5-6-7-8-9-10-11-12-13-14-15-16-17-24-19-21(18-22(3)4)25-20(2)23/h21H,5-19H2,1-4H3. The lowest BCUT2D eigenvalue weighted by Gasteiger charge is -2.20. The maximum Gasteiger partial charge on any atom is 0.303 e. The molecule has 0 saturated carbocycles. The molecule has 0 aromatic carbocycles. The fourth-order valence-corrected chi connectivity index (χ4v) is 3.03. The predicted molar refractivity (Wildman–Crippen MR) is 106 cm³/mol. The Morgan fingerprint density at radius 2 is 1.32 bits per heavy atom. The smallest absolute Gasteiger partial charge is 0.303 e. The summed E-state index contributed by atoms with van der Waals surface area (Å²) in [4.78, 5) is 13.1. The van der Waals surface area contributed by atoms with E-state index in [2.05, 4.69) is 6.92 Å². The maximum absolute atomic E-state index is 11.1. The van der Waals surface area contributed by atoms with Crippen LogP contribution in [0.1, 0.15) is 90.9 Å². The van der Waals surface area contributed by atoms with Gasteiger partial charge in [-0.3, -0.25) is 4.79 Å². The Bertz CT molecular complexity index is 295. The van der Waals surface area contributed by atoms with E-state index in [1.807, 2.05) is 19.0 Å². The number of esters is 1. The van der Waals surface area contributed by atoms with Gasteiger partial charge in [0.2, 0.25) is 0 Å². The number of nitrogens with zero attached hydrogens (tertiary/aromatic N) is 1. The van der Waals surface area contributed by atoms with Gasteiger partial charge in [0.05, 0.1) is 6.61 Å². The fourth-order valence-electron chi connectivity index (χ4n) is 3.03. The third-order valence-electron chi connectivity index (χ3n) is 4.35. The molecule has 0 radical (unpaired) electrons. The van der Waals surface area contributed by atoms with Crippen molar-refractivity contribution in [1.82, 2.24) is 4.90 Å². The lowest BCUT2D eigenvalue weighted by atomic mass is 10.1. The van der Waals surface area contributed by atoms with Gasteiger partial charge in [-0.05, 0) is 20.5 Å². The van der Waals surface area contributed by atoms with E-state index in [0.29, 0.717) is 13.2 Å². The number of hydrogen-bond acceptors (Lipinski definition) is 4. The number of hydrogen-bond donors (Lipinski definition) is 0. The van der Waals surface area contributed by atoms with Crippen molar-refractivity contribution in [3.63, 3.8) is 0 Å². The predicted octanol–water partition coefficient (Wildman–Crippen LogP) is 5.20. The second-order valence-electron chi connectivity index (χ2n) is 7.46. The zero-order chi connectivity index (χ0) is 18.8. The van der Waals surface area contributed by atoms with E-state index in [1.165, 1.54) is 77.6 Å². The number of unbranched alkanes of at least 4 members (excludes halogenated alkanes) is 11. The molecule has 0 heterocycles. The van der Waals surface area contributed by atoms with E-state index in [4.69, 9.17) is 9.47 Å². The Hall–Kier alpha value is -0.610. The summed E-state index contributed by atoms with van der Waals surface area (Å²) >= 11 is 0. The molecular formula is C21H43NO3. The summed E-state index contributed by atoms with van der Waals surface area (Å²) in [6.45, 7) is 5.69. The largest absolute Gasteiger partial charge is 0.459 e. The minimum atomic E-state index is -0.235. The topological polar surface area (TPSA) is 38.8 Å². The van der Waals surface area contributed by atoms with Gasteiger partial charge in [0, 0.05) is 20.1 Å². The third-order valence-corrected chi connectivity index (χ3v) is 4.35. The average Bonchev–Trinajstić information content (AvgIpc) is 2.54. The van der Waals surface area contributed by atoms with Crippen molar-refractivity contribution in [2.75, 3.05) is 33.9 Å². The van der Waals surface area contributed by atoms with Gasteiger partial charge in [-0.15, -0.1) is 0 Å². The number of rotatable bonds is 18. The quantitative estimate of drug-likeness (QED) is 0.250. The lowest BCUT2D eigenvalue weighted by Crippen LogP contribution is -2.33. The number of ether oxygens (including phenoxy) is 2. The van der Waals surface area contributed by atoms with Crippen molar-refractivity contribution in [2.45, 2.75) is 97.0 Å². The van der Waals surface area contributed by atoms with Crippen LogP contribution in [0.3, 0.4) is 0 Å². The van der Waals surface area contributed by atoms with Crippen molar-refractivity contribution >= 4 is 5.97 Å². The minimum absolute atomic E-state index is 0.162.